The van der Waals surface area contributed by atoms with Crippen LogP contribution in [0, 0.1) is 3.57 Å². The highest BCUT2D eigenvalue weighted by atomic mass is 127. The Labute approximate surface area is 106 Å². The molecule has 1 aromatic heterocycles. The molecule has 2 rings (SSSR count). The fourth-order valence-electron chi connectivity index (χ4n) is 1.25. The van der Waals surface area contributed by atoms with Crippen molar-refractivity contribution in [2.24, 2.45) is 0 Å². The molecule has 0 saturated heterocycles. The topological polar surface area (TPSA) is 89.8 Å². The van der Waals surface area contributed by atoms with Crippen LogP contribution in [-0.2, 0) is 0 Å². The average molecular weight is 327 g/mol. The van der Waals surface area contributed by atoms with E-state index < -0.39 is 0 Å². The first-order chi connectivity index (χ1) is 7.65. The quantitative estimate of drug-likeness (QED) is 0.734. The first-order valence-electron chi connectivity index (χ1n) is 4.57. The van der Waals surface area contributed by atoms with Crippen molar-refractivity contribution in [3.63, 3.8) is 0 Å². The minimum Gasteiger partial charge on any atom is -0.383 e. The minimum atomic E-state index is 0.161. The van der Waals surface area contributed by atoms with E-state index in [0.717, 1.165) is 9.26 Å². The summed E-state index contributed by atoms with van der Waals surface area (Å²) >= 11 is 2.24. The Kier molecular flexibility index (Phi) is 3.09. The molecule has 0 aliphatic heterocycles. The zero-order valence-electron chi connectivity index (χ0n) is 8.31. The standard InChI is InChI=1S/C10H10IN5/c11-6-3-1-2-4-7(6)14-9-5-8(12)15-10(13)16-9/h1-5H,(H5,12,13,14,15,16). The van der Waals surface area contributed by atoms with Gasteiger partial charge in [0.15, 0.2) is 0 Å². The summed E-state index contributed by atoms with van der Waals surface area (Å²) in [6, 6.07) is 9.50. The number of anilines is 4. The van der Waals surface area contributed by atoms with Gasteiger partial charge >= 0.3 is 0 Å². The Morgan fingerprint density at radius 2 is 1.88 bits per heavy atom. The van der Waals surface area contributed by atoms with E-state index in [1.807, 2.05) is 24.3 Å². The van der Waals surface area contributed by atoms with Crippen LogP contribution in [0.2, 0.25) is 0 Å². The SMILES string of the molecule is Nc1cc(Nc2ccccc2I)nc(N)n1. The van der Waals surface area contributed by atoms with Gasteiger partial charge in [-0.25, -0.2) is 0 Å². The Bertz CT molecular complexity index is 494. The van der Waals surface area contributed by atoms with Crippen LogP contribution in [0.3, 0.4) is 0 Å². The third-order valence-corrected chi connectivity index (χ3v) is 2.84. The Hall–Kier alpha value is -1.57. The first kappa shape index (κ1) is 10.9. The maximum atomic E-state index is 5.58. The molecule has 0 aliphatic carbocycles. The second-order valence-corrected chi connectivity index (χ2v) is 4.30. The number of nitrogens with one attached hydrogen (secondary N) is 1. The van der Waals surface area contributed by atoms with Crippen LogP contribution in [0.4, 0.5) is 23.3 Å². The number of hydrogen-bond donors (Lipinski definition) is 3. The molecule has 0 fully saturated rings. The van der Waals surface area contributed by atoms with Crippen molar-refractivity contribution in [2.45, 2.75) is 0 Å². The van der Waals surface area contributed by atoms with E-state index in [2.05, 4.69) is 37.9 Å². The summed E-state index contributed by atoms with van der Waals surface area (Å²) in [7, 11) is 0. The van der Waals surface area contributed by atoms with Gasteiger partial charge in [0.05, 0.1) is 5.69 Å². The van der Waals surface area contributed by atoms with Gasteiger partial charge in [0, 0.05) is 9.64 Å². The number of nitrogens with two attached hydrogens (primary N) is 2. The summed E-state index contributed by atoms with van der Waals surface area (Å²) in [5, 5.41) is 3.14. The molecule has 5 N–H and O–H groups in total. The second-order valence-electron chi connectivity index (χ2n) is 3.14. The van der Waals surface area contributed by atoms with E-state index in [1.54, 1.807) is 6.07 Å². The number of aromatic nitrogens is 2. The highest BCUT2D eigenvalue weighted by Crippen LogP contribution is 2.21. The van der Waals surface area contributed by atoms with Crippen LogP contribution in [0.5, 0.6) is 0 Å². The van der Waals surface area contributed by atoms with E-state index in [0.29, 0.717) is 11.6 Å². The molecular weight excluding hydrogens is 317 g/mol. The molecule has 0 atom stereocenters. The van der Waals surface area contributed by atoms with Crippen LogP contribution in [-0.4, -0.2) is 9.97 Å². The molecule has 0 bridgehead atoms. The third-order valence-electron chi connectivity index (χ3n) is 1.90. The van der Waals surface area contributed by atoms with Crippen molar-refractivity contribution in [1.82, 2.24) is 9.97 Å². The second kappa shape index (κ2) is 4.52. The Balaban J connectivity index is 2.30. The molecule has 0 radical (unpaired) electrons. The van der Waals surface area contributed by atoms with Gasteiger partial charge in [-0.2, -0.15) is 9.97 Å². The highest BCUT2D eigenvalue weighted by Gasteiger charge is 2.02. The van der Waals surface area contributed by atoms with Crippen LogP contribution >= 0.6 is 22.6 Å². The van der Waals surface area contributed by atoms with Gasteiger partial charge in [0.25, 0.3) is 0 Å². The van der Waals surface area contributed by atoms with E-state index in [9.17, 15) is 0 Å². The fraction of sp³-hybridized carbons (Fsp3) is 0. The van der Waals surface area contributed by atoms with Gasteiger partial charge in [0.2, 0.25) is 5.95 Å². The number of nitrogen functional groups attached to an aromatic ring is 2. The molecule has 1 heterocycles. The van der Waals surface area contributed by atoms with Crippen LogP contribution in [0.1, 0.15) is 0 Å². The molecule has 1 aromatic carbocycles. The van der Waals surface area contributed by atoms with Crippen molar-refractivity contribution < 1.29 is 0 Å². The normalized spacial score (nSPS) is 10.1. The molecule has 0 aliphatic rings. The van der Waals surface area contributed by atoms with Crippen molar-refractivity contribution >= 4 is 45.9 Å². The summed E-state index contributed by atoms with van der Waals surface area (Å²) in [6.07, 6.45) is 0. The average Bonchev–Trinajstić information content (AvgIpc) is 2.20. The molecule has 0 amide bonds. The van der Waals surface area contributed by atoms with Crippen molar-refractivity contribution in [2.75, 3.05) is 16.8 Å². The molecule has 82 valence electrons. The molecule has 0 unspecified atom stereocenters. The Morgan fingerprint density at radius 1 is 1.12 bits per heavy atom. The number of nitrogens with zero attached hydrogens (tertiary/aromatic N) is 2. The maximum absolute atomic E-state index is 5.58. The van der Waals surface area contributed by atoms with Crippen molar-refractivity contribution in [3.05, 3.63) is 33.9 Å². The Morgan fingerprint density at radius 3 is 2.56 bits per heavy atom. The number of halogens is 1. The third kappa shape index (κ3) is 2.51. The van der Waals surface area contributed by atoms with E-state index >= 15 is 0 Å². The summed E-state index contributed by atoms with van der Waals surface area (Å²) < 4.78 is 1.09. The molecule has 16 heavy (non-hydrogen) atoms. The summed E-state index contributed by atoms with van der Waals surface area (Å²) in [5.41, 5.74) is 12.0. The molecule has 0 saturated carbocycles. The molecule has 0 spiro atoms. The van der Waals surface area contributed by atoms with Gasteiger partial charge in [-0.05, 0) is 34.7 Å². The molecule has 2 aromatic rings. The number of rotatable bonds is 2. The van der Waals surface area contributed by atoms with E-state index in [4.69, 9.17) is 11.5 Å². The maximum Gasteiger partial charge on any atom is 0.223 e. The van der Waals surface area contributed by atoms with Crippen LogP contribution < -0.4 is 16.8 Å². The largest absolute Gasteiger partial charge is 0.383 e. The molecular formula is C10H10IN5. The van der Waals surface area contributed by atoms with E-state index in [-0.39, 0.29) is 5.95 Å². The lowest BCUT2D eigenvalue weighted by molar-refractivity contribution is 1.19. The van der Waals surface area contributed by atoms with Gasteiger partial charge in [-0.3, -0.25) is 0 Å². The zero-order valence-corrected chi connectivity index (χ0v) is 10.5. The van der Waals surface area contributed by atoms with E-state index in [1.165, 1.54) is 0 Å². The van der Waals surface area contributed by atoms with Gasteiger partial charge < -0.3 is 16.8 Å². The number of hydrogen-bond acceptors (Lipinski definition) is 5. The zero-order chi connectivity index (χ0) is 11.5. The predicted octanol–water partition coefficient (Wildman–Crippen LogP) is 1.99. The molecule has 5 nitrogen and oxygen atoms in total. The van der Waals surface area contributed by atoms with Gasteiger partial charge in [-0.15, -0.1) is 0 Å². The lowest BCUT2D eigenvalue weighted by atomic mass is 10.3. The van der Waals surface area contributed by atoms with Gasteiger partial charge in [0.1, 0.15) is 11.6 Å². The number of para-hydroxylation sites is 1. The summed E-state index contributed by atoms with van der Waals surface area (Å²) in [4.78, 5) is 7.84. The molecule has 6 heteroatoms. The monoisotopic (exact) mass is 327 g/mol. The van der Waals surface area contributed by atoms with Crippen molar-refractivity contribution in [3.8, 4) is 0 Å². The van der Waals surface area contributed by atoms with Gasteiger partial charge in [-0.1, -0.05) is 12.1 Å². The highest BCUT2D eigenvalue weighted by molar-refractivity contribution is 14.1. The predicted molar refractivity (Wildman–Crippen MR) is 73.3 cm³/mol. The number of benzene rings is 1. The van der Waals surface area contributed by atoms with Crippen molar-refractivity contribution in [1.29, 1.82) is 0 Å². The van der Waals surface area contributed by atoms with Crippen LogP contribution in [0.25, 0.3) is 0 Å². The summed E-state index contributed by atoms with van der Waals surface area (Å²) in [6.45, 7) is 0. The lowest BCUT2D eigenvalue weighted by Gasteiger charge is -2.08. The lowest BCUT2D eigenvalue weighted by Crippen LogP contribution is -2.03. The minimum absolute atomic E-state index is 0.161. The fourth-order valence-corrected chi connectivity index (χ4v) is 1.77. The summed E-state index contributed by atoms with van der Waals surface area (Å²) in [5.74, 6) is 1.10. The van der Waals surface area contributed by atoms with Crippen LogP contribution in [0.15, 0.2) is 30.3 Å². The smallest absolute Gasteiger partial charge is 0.223 e. The first-order valence-corrected chi connectivity index (χ1v) is 5.64.